The molecule has 0 aliphatic carbocycles. The standard InChI is InChI=1S/C24H42O2/c1-5-8-9-10-11-13-16-22(4)24(25-19-6-2,26-20-7-3)21-23-17-14-12-15-18-23/h12,14-15,17-18,22H,5-11,13,16,19-21H2,1-4H3. The Labute approximate surface area is 162 Å². The molecule has 1 unspecified atom stereocenters. The summed E-state index contributed by atoms with van der Waals surface area (Å²) in [5.41, 5.74) is 1.30. The Hall–Kier alpha value is -0.860. The average molecular weight is 363 g/mol. The summed E-state index contributed by atoms with van der Waals surface area (Å²) < 4.78 is 12.8. The van der Waals surface area contributed by atoms with Gasteiger partial charge in [0.15, 0.2) is 5.79 Å². The van der Waals surface area contributed by atoms with Gasteiger partial charge in [0.05, 0.1) is 0 Å². The number of ether oxygens (including phenoxy) is 2. The molecule has 0 N–H and O–H groups in total. The maximum absolute atomic E-state index is 6.42. The first-order valence-electron chi connectivity index (χ1n) is 11.0. The second-order valence-electron chi connectivity index (χ2n) is 7.63. The molecule has 0 spiro atoms. The molecule has 0 heterocycles. The van der Waals surface area contributed by atoms with Crippen molar-refractivity contribution in [3.05, 3.63) is 35.9 Å². The molecule has 1 rings (SSSR count). The molecule has 1 atom stereocenters. The molecule has 2 nitrogen and oxygen atoms in total. The van der Waals surface area contributed by atoms with Gasteiger partial charge < -0.3 is 9.47 Å². The molecule has 2 heteroatoms. The van der Waals surface area contributed by atoms with E-state index >= 15 is 0 Å². The van der Waals surface area contributed by atoms with Gasteiger partial charge in [-0.3, -0.25) is 0 Å². The number of benzene rings is 1. The Bertz CT molecular complexity index is 421. The molecular weight excluding hydrogens is 320 g/mol. The van der Waals surface area contributed by atoms with Gasteiger partial charge in [-0.2, -0.15) is 0 Å². The lowest BCUT2D eigenvalue weighted by molar-refractivity contribution is -0.265. The molecule has 0 radical (unpaired) electrons. The van der Waals surface area contributed by atoms with Crippen LogP contribution >= 0.6 is 0 Å². The van der Waals surface area contributed by atoms with Crippen LogP contribution in [-0.2, 0) is 15.9 Å². The second-order valence-corrected chi connectivity index (χ2v) is 7.63. The molecular formula is C24H42O2. The highest BCUT2D eigenvalue weighted by Gasteiger charge is 2.38. The quantitative estimate of drug-likeness (QED) is 0.229. The van der Waals surface area contributed by atoms with Gasteiger partial charge in [-0.15, -0.1) is 0 Å². The average Bonchev–Trinajstić information content (AvgIpc) is 2.67. The number of unbranched alkanes of at least 4 members (excludes halogenated alkanes) is 5. The zero-order valence-corrected chi connectivity index (χ0v) is 17.8. The van der Waals surface area contributed by atoms with E-state index in [0.717, 1.165) is 32.5 Å². The van der Waals surface area contributed by atoms with Crippen LogP contribution in [0, 0.1) is 5.92 Å². The molecule has 0 amide bonds. The van der Waals surface area contributed by atoms with Crippen molar-refractivity contribution in [2.45, 2.75) is 97.7 Å². The number of hydrogen-bond donors (Lipinski definition) is 0. The van der Waals surface area contributed by atoms with Crippen LogP contribution in [0.15, 0.2) is 30.3 Å². The third-order valence-corrected chi connectivity index (χ3v) is 5.14. The van der Waals surface area contributed by atoms with Crippen LogP contribution in [0.25, 0.3) is 0 Å². The van der Waals surface area contributed by atoms with Crippen LogP contribution in [0.4, 0.5) is 0 Å². The lowest BCUT2D eigenvalue weighted by atomic mass is 9.88. The van der Waals surface area contributed by atoms with Gasteiger partial charge in [0.25, 0.3) is 0 Å². The fourth-order valence-electron chi connectivity index (χ4n) is 3.48. The molecule has 1 aromatic carbocycles. The zero-order valence-electron chi connectivity index (χ0n) is 17.8. The Morgan fingerprint density at radius 2 is 1.35 bits per heavy atom. The summed E-state index contributed by atoms with van der Waals surface area (Å²) >= 11 is 0. The number of hydrogen-bond acceptors (Lipinski definition) is 2. The van der Waals surface area contributed by atoms with Gasteiger partial charge >= 0.3 is 0 Å². The summed E-state index contributed by atoms with van der Waals surface area (Å²) in [5.74, 6) is -0.0939. The van der Waals surface area contributed by atoms with Crippen LogP contribution in [0.5, 0.6) is 0 Å². The Morgan fingerprint density at radius 1 is 0.769 bits per heavy atom. The molecule has 0 bridgehead atoms. The van der Waals surface area contributed by atoms with E-state index in [1.54, 1.807) is 0 Å². The van der Waals surface area contributed by atoms with Gasteiger partial charge in [-0.1, -0.05) is 96.6 Å². The van der Waals surface area contributed by atoms with Gasteiger partial charge in [-0.05, 0) is 24.8 Å². The first-order valence-corrected chi connectivity index (χ1v) is 11.0. The lowest BCUT2D eigenvalue weighted by Crippen LogP contribution is -2.45. The van der Waals surface area contributed by atoms with E-state index in [9.17, 15) is 0 Å². The van der Waals surface area contributed by atoms with Crippen LogP contribution < -0.4 is 0 Å². The molecule has 0 aliphatic heterocycles. The predicted octanol–water partition coefficient (Wildman–Crippen LogP) is 7.17. The van der Waals surface area contributed by atoms with Crippen LogP contribution in [0.2, 0.25) is 0 Å². The van der Waals surface area contributed by atoms with Gasteiger partial charge in [0.2, 0.25) is 0 Å². The summed E-state index contributed by atoms with van der Waals surface area (Å²) in [6.07, 6.45) is 12.1. The van der Waals surface area contributed by atoms with Gasteiger partial charge in [-0.25, -0.2) is 0 Å². The predicted molar refractivity (Wildman–Crippen MR) is 113 cm³/mol. The van der Waals surface area contributed by atoms with E-state index in [0.29, 0.717) is 5.92 Å². The summed E-state index contributed by atoms with van der Waals surface area (Å²) in [5, 5.41) is 0. The molecule has 0 fully saturated rings. The highest BCUT2D eigenvalue weighted by molar-refractivity contribution is 5.16. The first kappa shape index (κ1) is 23.2. The molecule has 0 saturated carbocycles. The van der Waals surface area contributed by atoms with Crippen molar-refractivity contribution in [3.63, 3.8) is 0 Å². The van der Waals surface area contributed by atoms with Crippen molar-refractivity contribution in [2.24, 2.45) is 5.92 Å². The van der Waals surface area contributed by atoms with Crippen molar-refractivity contribution in [1.82, 2.24) is 0 Å². The second kappa shape index (κ2) is 14.2. The van der Waals surface area contributed by atoms with Crippen LogP contribution in [0.1, 0.15) is 91.0 Å². The topological polar surface area (TPSA) is 18.5 Å². The Kier molecular flexibility index (Phi) is 12.7. The van der Waals surface area contributed by atoms with Crippen molar-refractivity contribution >= 4 is 0 Å². The van der Waals surface area contributed by atoms with Crippen molar-refractivity contribution < 1.29 is 9.47 Å². The van der Waals surface area contributed by atoms with Crippen LogP contribution in [-0.4, -0.2) is 19.0 Å². The number of rotatable bonds is 16. The van der Waals surface area contributed by atoms with E-state index in [2.05, 4.69) is 58.0 Å². The largest absolute Gasteiger partial charge is 0.349 e. The molecule has 26 heavy (non-hydrogen) atoms. The van der Waals surface area contributed by atoms with E-state index in [1.165, 1.54) is 50.5 Å². The highest BCUT2D eigenvalue weighted by Crippen LogP contribution is 2.33. The summed E-state index contributed by atoms with van der Waals surface area (Å²) in [7, 11) is 0. The summed E-state index contributed by atoms with van der Waals surface area (Å²) in [6.45, 7) is 10.5. The minimum atomic E-state index is -0.489. The molecule has 0 aliphatic rings. The maximum atomic E-state index is 6.42. The van der Waals surface area contributed by atoms with Gasteiger partial charge in [0, 0.05) is 25.6 Å². The van der Waals surface area contributed by atoms with Crippen LogP contribution in [0.3, 0.4) is 0 Å². The van der Waals surface area contributed by atoms with E-state index in [1.807, 2.05) is 0 Å². The monoisotopic (exact) mass is 362 g/mol. The summed E-state index contributed by atoms with van der Waals surface area (Å²) in [6, 6.07) is 10.7. The first-order chi connectivity index (χ1) is 12.7. The third-order valence-electron chi connectivity index (χ3n) is 5.14. The maximum Gasteiger partial charge on any atom is 0.174 e. The van der Waals surface area contributed by atoms with Crippen molar-refractivity contribution in [3.8, 4) is 0 Å². The fourth-order valence-corrected chi connectivity index (χ4v) is 3.48. The Balaban J connectivity index is 2.74. The molecule has 0 saturated heterocycles. The molecule has 150 valence electrons. The van der Waals surface area contributed by atoms with Gasteiger partial charge in [0.1, 0.15) is 0 Å². The zero-order chi connectivity index (χ0) is 19.1. The molecule has 0 aromatic heterocycles. The van der Waals surface area contributed by atoms with Crippen molar-refractivity contribution in [2.75, 3.05) is 13.2 Å². The smallest absolute Gasteiger partial charge is 0.174 e. The van der Waals surface area contributed by atoms with Crippen molar-refractivity contribution in [1.29, 1.82) is 0 Å². The third kappa shape index (κ3) is 8.68. The Morgan fingerprint density at radius 3 is 1.92 bits per heavy atom. The summed E-state index contributed by atoms with van der Waals surface area (Å²) in [4.78, 5) is 0. The lowest BCUT2D eigenvalue weighted by Gasteiger charge is -2.39. The van der Waals surface area contributed by atoms with E-state index < -0.39 is 5.79 Å². The highest BCUT2D eigenvalue weighted by atomic mass is 16.7. The normalized spacial score (nSPS) is 13.1. The van der Waals surface area contributed by atoms with E-state index in [4.69, 9.17) is 9.47 Å². The van der Waals surface area contributed by atoms with E-state index in [-0.39, 0.29) is 0 Å². The minimum absolute atomic E-state index is 0.395. The molecule has 1 aromatic rings. The SMILES string of the molecule is CCCCCCCCC(C)C(Cc1ccccc1)(OCCC)OCCC. The minimum Gasteiger partial charge on any atom is -0.349 e. The fraction of sp³-hybridized carbons (Fsp3) is 0.750.